The fraction of sp³-hybridized carbons (Fsp3) is 0.429. The van der Waals surface area contributed by atoms with Crippen molar-refractivity contribution in [3.8, 4) is 0 Å². The highest BCUT2D eigenvalue weighted by molar-refractivity contribution is 6.31. The van der Waals surface area contributed by atoms with E-state index < -0.39 is 0 Å². The minimum Gasteiger partial charge on any atom is -0.273 e. The van der Waals surface area contributed by atoms with Crippen LogP contribution in [-0.2, 0) is 4.79 Å². The molecule has 0 bridgehead atoms. The van der Waals surface area contributed by atoms with Gasteiger partial charge in [-0.25, -0.2) is 5.43 Å². The summed E-state index contributed by atoms with van der Waals surface area (Å²) >= 11 is 5.94. The predicted molar refractivity (Wildman–Crippen MR) is 75.9 cm³/mol. The Morgan fingerprint density at radius 1 is 1.44 bits per heavy atom. The van der Waals surface area contributed by atoms with E-state index >= 15 is 0 Å². The van der Waals surface area contributed by atoms with Crippen LogP contribution in [0.1, 0.15) is 39.2 Å². The van der Waals surface area contributed by atoms with Gasteiger partial charge in [0.25, 0.3) is 0 Å². The van der Waals surface area contributed by atoms with E-state index in [2.05, 4.69) is 10.5 Å². The molecule has 1 rings (SSSR count). The maximum Gasteiger partial charge on any atom is 0.240 e. The molecule has 0 saturated heterocycles. The Labute approximate surface area is 113 Å². The van der Waals surface area contributed by atoms with Crippen LogP contribution in [0, 0.1) is 5.92 Å². The maximum atomic E-state index is 11.5. The minimum absolute atomic E-state index is 0.0574. The zero-order valence-corrected chi connectivity index (χ0v) is 11.8. The summed E-state index contributed by atoms with van der Waals surface area (Å²) in [7, 11) is 0. The van der Waals surface area contributed by atoms with Crippen molar-refractivity contribution in [3.05, 3.63) is 34.9 Å². The lowest BCUT2D eigenvalue weighted by Crippen LogP contribution is -2.21. The Morgan fingerprint density at radius 2 is 2.17 bits per heavy atom. The predicted octanol–water partition coefficient (Wildman–Crippen LogP) is 3.62. The van der Waals surface area contributed by atoms with Gasteiger partial charge in [-0.2, -0.15) is 5.10 Å². The number of hydrogen-bond donors (Lipinski definition) is 1. The van der Waals surface area contributed by atoms with Crippen molar-refractivity contribution in [2.75, 3.05) is 0 Å². The van der Waals surface area contributed by atoms with Crippen molar-refractivity contribution in [2.24, 2.45) is 11.0 Å². The lowest BCUT2D eigenvalue weighted by atomic mass is 10.1. The van der Waals surface area contributed by atoms with Gasteiger partial charge in [0.2, 0.25) is 5.91 Å². The van der Waals surface area contributed by atoms with E-state index in [9.17, 15) is 4.79 Å². The number of hydrazone groups is 1. The lowest BCUT2D eigenvalue weighted by molar-refractivity contribution is -0.121. The third-order valence-electron chi connectivity index (χ3n) is 2.40. The van der Waals surface area contributed by atoms with E-state index in [1.807, 2.05) is 45.0 Å². The van der Waals surface area contributed by atoms with Gasteiger partial charge in [-0.15, -0.1) is 0 Å². The second-order valence-electron chi connectivity index (χ2n) is 4.56. The van der Waals surface area contributed by atoms with Gasteiger partial charge in [-0.05, 0) is 30.0 Å². The quantitative estimate of drug-likeness (QED) is 0.642. The van der Waals surface area contributed by atoms with Crippen LogP contribution in [0.25, 0.3) is 0 Å². The van der Waals surface area contributed by atoms with E-state index in [1.165, 1.54) is 0 Å². The molecule has 0 spiro atoms. The van der Waals surface area contributed by atoms with Gasteiger partial charge in [0.15, 0.2) is 0 Å². The molecule has 1 aromatic rings. The summed E-state index contributed by atoms with van der Waals surface area (Å²) in [4.78, 5) is 11.5. The second kappa shape index (κ2) is 7.17. The lowest BCUT2D eigenvalue weighted by Gasteiger charge is -2.06. The topological polar surface area (TPSA) is 41.5 Å². The molecular formula is C14H19ClN2O. The highest BCUT2D eigenvalue weighted by Gasteiger charge is 2.05. The second-order valence-corrected chi connectivity index (χ2v) is 4.99. The summed E-state index contributed by atoms with van der Waals surface area (Å²) < 4.78 is 0. The van der Waals surface area contributed by atoms with Crippen molar-refractivity contribution >= 4 is 23.2 Å². The third kappa shape index (κ3) is 4.88. The SMILES string of the molecule is CCC(=NNC(=O)CC(C)C)c1cccc(Cl)c1. The Kier molecular flexibility index (Phi) is 5.86. The molecular weight excluding hydrogens is 248 g/mol. The molecule has 0 aliphatic rings. The van der Waals surface area contributed by atoms with Crippen LogP contribution < -0.4 is 5.43 Å². The summed E-state index contributed by atoms with van der Waals surface area (Å²) in [5.41, 5.74) is 4.36. The smallest absolute Gasteiger partial charge is 0.240 e. The number of benzene rings is 1. The first-order chi connectivity index (χ1) is 8.52. The normalized spacial score (nSPS) is 11.7. The number of nitrogens with one attached hydrogen (secondary N) is 1. The largest absolute Gasteiger partial charge is 0.273 e. The van der Waals surface area contributed by atoms with Crippen molar-refractivity contribution in [1.29, 1.82) is 0 Å². The number of hydrogen-bond acceptors (Lipinski definition) is 2. The van der Waals surface area contributed by atoms with Crippen LogP contribution in [0.5, 0.6) is 0 Å². The molecule has 1 N–H and O–H groups in total. The molecule has 1 aromatic carbocycles. The molecule has 1 amide bonds. The Morgan fingerprint density at radius 3 is 2.72 bits per heavy atom. The third-order valence-corrected chi connectivity index (χ3v) is 2.64. The number of carbonyl (C=O) groups is 1. The van der Waals surface area contributed by atoms with Gasteiger partial charge in [0, 0.05) is 11.4 Å². The molecule has 0 aliphatic heterocycles. The standard InChI is InChI=1S/C14H19ClN2O/c1-4-13(11-6-5-7-12(15)9-11)16-17-14(18)8-10(2)3/h5-7,9-10H,4,8H2,1-3H3,(H,17,18). The van der Waals surface area contributed by atoms with Gasteiger partial charge in [-0.3, -0.25) is 4.79 Å². The van der Waals surface area contributed by atoms with Crippen LogP contribution >= 0.6 is 11.6 Å². The molecule has 0 fully saturated rings. The molecule has 3 nitrogen and oxygen atoms in total. The highest BCUT2D eigenvalue weighted by Crippen LogP contribution is 2.12. The Bertz CT molecular complexity index is 441. The van der Waals surface area contributed by atoms with Crippen LogP contribution in [0.3, 0.4) is 0 Å². The van der Waals surface area contributed by atoms with Crippen molar-refractivity contribution in [3.63, 3.8) is 0 Å². The van der Waals surface area contributed by atoms with Gasteiger partial charge < -0.3 is 0 Å². The van der Waals surface area contributed by atoms with Gasteiger partial charge in [0.1, 0.15) is 0 Å². The summed E-state index contributed by atoms with van der Waals surface area (Å²) in [5.74, 6) is 0.273. The molecule has 98 valence electrons. The number of nitrogens with zero attached hydrogens (tertiary/aromatic N) is 1. The van der Waals surface area contributed by atoms with Gasteiger partial charge in [0.05, 0.1) is 5.71 Å². The monoisotopic (exact) mass is 266 g/mol. The first-order valence-electron chi connectivity index (χ1n) is 6.14. The molecule has 0 aromatic heterocycles. The summed E-state index contributed by atoms with van der Waals surface area (Å²) in [6.07, 6.45) is 1.22. The molecule has 0 unspecified atom stereocenters. The van der Waals surface area contributed by atoms with Crippen LogP contribution in [-0.4, -0.2) is 11.6 Å². The Balaban J connectivity index is 2.74. The van der Waals surface area contributed by atoms with Gasteiger partial charge >= 0.3 is 0 Å². The fourth-order valence-corrected chi connectivity index (χ4v) is 1.75. The fourth-order valence-electron chi connectivity index (χ4n) is 1.56. The summed E-state index contributed by atoms with van der Waals surface area (Å²) in [5, 5.41) is 4.83. The van der Waals surface area contributed by atoms with E-state index in [0.29, 0.717) is 17.4 Å². The molecule has 0 saturated carbocycles. The number of carbonyl (C=O) groups excluding carboxylic acids is 1. The zero-order chi connectivity index (χ0) is 13.5. The van der Waals surface area contributed by atoms with Crippen molar-refractivity contribution < 1.29 is 4.79 Å². The van der Waals surface area contributed by atoms with E-state index in [4.69, 9.17) is 11.6 Å². The average Bonchev–Trinajstić information content (AvgIpc) is 2.29. The van der Waals surface area contributed by atoms with E-state index in [1.54, 1.807) is 0 Å². The molecule has 0 atom stereocenters. The van der Waals surface area contributed by atoms with Crippen molar-refractivity contribution in [2.45, 2.75) is 33.6 Å². The van der Waals surface area contributed by atoms with Gasteiger partial charge in [-0.1, -0.05) is 44.5 Å². The molecule has 0 heterocycles. The minimum atomic E-state index is -0.0574. The maximum absolute atomic E-state index is 11.5. The first-order valence-corrected chi connectivity index (χ1v) is 6.52. The van der Waals surface area contributed by atoms with Crippen LogP contribution in [0.2, 0.25) is 5.02 Å². The van der Waals surface area contributed by atoms with Crippen molar-refractivity contribution in [1.82, 2.24) is 5.43 Å². The zero-order valence-electron chi connectivity index (χ0n) is 11.0. The average molecular weight is 267 g/mol. The first kappa shape index (κ1) is 14.7. The highest BCUT2D eigenvalue weighted by atomic mass is 35.5. The summed E-state index contributed by atoms with van der Waals surface area (Å²) in [6, 6.07) is 7.47. The van der Waals surface area contributed by atoms with E-state index in [0.717, 1.165) is 17.7 Å². The van der Waals surface area contributed by atoms with Crippen LogP contribution in [0.4, 0.5) is 0 Å². The van der Waals surface area contributed by atoms with Crippen LogP contribution in [0.15, 0.2) is 29.4 Å². The number of rotatable bonds is 5. The molecule has 0 radical (unpaired) electrons. The Hall–Kier alpha value is -1.35. The molecule has 18 heavy (non-hydrogen) atoms. The summed E-state index contributed by atoms with van der Waals surface area (Å²) in [6.45, 7) is 6.00. The molecule has 4 heteroatoms. The number of amides is 1. The van der Waals surface area contributed by atoms with E-state index in [-0.39, 0.29) is 5.91 Å². The number of halogens is 1. The molecule has 0 aliphatic carbocycles.